The van der Waals surface area contributed by atoms with Crippen LogP contribution in [0.5, 0.6) is 5.75 Å². The van der Waals surface area contributed by atoms with Gasteiger partial charge in [-0.25, -0.2) is 13.2 Å². The Morgan fingerprint density at radius 1 is 0.907 bits per heavy atom. The first-order valence-electron chi connectivity index (χ1n) is 14.6. The fraction of sp³-hybridized carbons (Fsp3) is 0.375. The average molecular weight is 606 g/mol. The lowest BCUT2D eigenvalue weighted by Gasteiger charge is -2.43. The van der Waals surface area contributed by atoms with E-state index in [0.717, 1.165) is 43.6 Å². The minimum atomic E-state index is -3.79. The fourth-order valence-corrected chi connectivity index (χ4v) is 7.63. The van der Waals surface area contributed by atoms with Crippen molar-refractivity contribution in [2.75, 3.05) is 32.7 Å². The van der Waals surface area contributed by atoms with Gasteiger partial charge < -0.3 is 19.9 Å². The average Bonchev–Trinajstić information content (AvgIpc) is 2.99. The van der Waals surface area contributed by atoms with Crippen LogP contribution >= 0.6 is 0 Å². The van der Waals surface area contributed by atoms with Gasteiger partial charge in [-0.3, -0.25) is 9.69 Å². The molecule has 0 aromatic heterocycles. The third-order valence-electron chi connectivity index (χ3n) is 8.58. The number of aliphatic carboxylic acids is 1. The molecule has 0 spiro atoms. The van der Waals surface area contributed by atoms with Gasteiger partial charge in [0, 0.05) is 19.6 Å². The highest BCUT2D eigenvalue weighted by atomic mass is 32.2. The number of alkyl carbamates (subject to hydrolysis) is 1. The Hall–Kier alpha value is -3.93. The summed E-state index contributed by atoms with van der Waals surface area (Å²) in [6, 6.07) is 23.1. The van der Waals surface area contributed by atoms with Gasteiger partial charge in [0.15, 0.2) is 0 Å². The van der Waals surface area contributed by atoms with Crippen LogP contribution in [0.1, 0.15) is 35.6 Å². The summed E-state index contributed by atoms with van der Waals surface area (Å²) in [6.45, 7) is 2.97. The van der Waals surface area contributed by atoms with Gasteiger partial charge in [-0.1, -0.05) is 54.6 Å². The number of nitrogens with one attached hydrogen (secondary N) is 1. The molecule has 4 heterocycles. The summed E-state index contributed by atoms with van der Waals surface area (Å²) in [6.07, 6.45) is 1.55. The number of hydrogen-bond donors (Lipinski definition) is 2. The van der Waals surface area contributed by atoms with E-state index in [9.17, 15) is 18.0 Å². The van der Waals surface area contributed by atoms with E-state index in [1.807, 2.05) is 54.6 Å². The van der Waals surface area contributed by atoms with Crippen LogP contribution in [0, 0.1) is 11.8 Å². The molecule has 4 saturated heterocycles. The highest BCUT2D eigenvalue weighted by Crippen LogP contribution is 2.31. The van der Waals surface area contributed by atoms with E-state index >= 15 is 0 Å². The topological polar surface area (TPSA) is 125 Å². The Morgan fingerprint density at radius 3 is 2.33 bits per heavy atom. The molecule has 1 amide bonds. The zero-order chi connectivity index (χ0) is 30.0. The molecule has 2 bridgehead atoms. The van der Waals surface area contributed by atoms with Gasteiger partial charge in [0.2, 0.25) is 10.0 Å². The number of rotatable bonds is 10. The van der Waals surface area contributed by atoms with Crippen molar-refractivity contribution in [2.45, 2.75) is 36.5 Å². The van der Waals surface area contributed by atoms with Gasteiger partial charge in [0.05, 0.1) is 16.9 Å². The number of nitrogens with zero attached hydrogens (tertiary/aromatic N) is 2. The second-order valence-corrected chi connectivity index (χ2v) is 13.4. The summed E-state index contributed by atoms with van der Waals surface area (Å²) < 4.78 is 39.1. The van der Waals surface area contributed by atoms with Crippen LogP contribution in [-0.2, 0) is 26.2 Å². The van der Waals surface area contributed by atoms with Crippen molar-refractivity contribution < 1.29 is 32.6 Å². The number of hydrogen-bond acceptors (Lipinski definition) is 7. The van der Waals surface area contributed by atoms with Gasteiger partial charge in [-0.15, -0.1) is 0 Å². The number of piperidine rings is 3. The normalized spacial score (nSPS) is 22.7. The maximum atomic E-state index is 13.1. The molecule has 2 atom stereocenters. The maximum Gasteiger partial charge on any atom is 0.408 e. The van der Waals surface area contributed by atoms with Gasteiger partial charge >= 0.3 is 12.1 Å². The minimum absolute atomic E-state index is 0.0327. The molecule has 3 aromatic carbocycles. The van der Waals surface area contributed by atoms with E-state index in [4.69, 9.17) is 14.6 Å². The van der Waals surface area contributed by atoms with Crippen molar-refractivity contribution in [3.05, 3.63) is 95.6 Å². The highest BCUT2D eigenvalue weighted by Gasteiger charge is 2.40. The van der Waals surface area contributed by atoms with Gasteiger partial charge in [-0.2, -0.15) is 4.31 Å². The third-order valence-corrected chi connectivity index (χ3v) is 10.4. The van der Waals surface area contributed by atoms with Gasteiger partial charge in [0.1, 0.15) is 18.5 Å². The van der Waals surface area contributed by atoms with E-state index in [-0.39, 0.29) is 30.7 Å². The smallest absolute Gasteiger partial charge is 0.408 e. The zero-order valence-electron chi connectivity index (χ0n) is 23.7. The summed E-state index contributed by atoms with van der Waals surface area (Å²) >= 11 is 0. The maximum absolute atomic E-state index is 13.1. The summed E-state index contributed by atoms with van der Waals surface area (Å²) in [5.41, 5.74) is 2.37. The van der Waals surface area contributed by atoms with E-state index < -0.39 is 34.0 Å². The van der Waals surface area contributed by atoms with E-state index in [0.29, 0.717) is 17.2 Å². The Kier molecular flexibility index (Phi) is 8.38. The molecule has 4 aliphatic heterocycles. The summed E-state index contributed by atoms with van der Waals surface area (Å²) in [4.78, 5) is 26.7. The lowest BCUT2D eigenvalue weighted by molar-refractivity contribution is -0.145. The first-order valence-corrected chi connectivity index (χ1v) is 16.0. The van der Waals surface area contributed by atoms with E-state index in [2.05, 4.69) is 10.2 Å². The zero-order valence-corrected chi connectivity index (χ0v) is 24.5. The Labute approximate surface area is 251 Å². The lowest BCUT2D eigenvalue weighted by atomic mass is 9.86. The Balaban J connectivity index is 1.13. The number of benzene rings is 3. The molecule has 2 N–H and O–H groups in total. The van der Waals surface area contributed by atoms with Gasteiger partial charge in [0.25, 0.3) is 0 Å². The Morgan fingerprint density at radius 2 is 1.63 bits per heavy atom. The molecular formula is C32H35N3O7S. The van der Waals surface area contributed by atoms with Crippen LogP contribution in [0.2, 0.25) is 0 Å². The molecule has 4 aliphatic rings. The van der Waals surface area contributed by atoms with E-state index in [1.54, 1.807) is 18.2 Å². The minimum Gasteiger partial charge on any atom is -0.489 e. The SMILES string of the molecule is O=C(N[C@@H](c1ccccc1)c1cccc(OCc2cccc(S(=O)(=O)N3CC(C(=O)O)C3)c2)c1)O[C@H]1CN2CCC1CC2. The molecule has 0 unspecified atom stereocenters. The first-order chi connectivity index (χ1) is 20.8. The van der Waals surface area contributed by atoms with Crippen molar-refractivity contribution in [1.29, 1.82) is 0 Å². The lowest BCUT2D eigenvalue weighted by Crippen LogP contribution is -2.52. The second-order valence-electron chi connectivity index (χ2n) is 11.4. The standard InChI is InChI=1S/C32H35N3O7S/c36-31(37)26-18-35(19-26)43(39,40)28-11-4-6-22(16-28)21-41-27-10-5-9-25(17-27)30(24-7-2-1-3-8-24)33-32(38)42-29-20-34-14-12-23(29)13-15-34/h1-11,16-17,23,26,29-30H,12-15,18-21H2,(H,33,38)(H,36,37)/t29-,30-/m0/s1. The molecule has 7 rings (SSSR count). The third kappa shape index (κ3) is 6.53. The molecule has 0 saturated carbocycles. The van der Waals surface area contributed by atoms with Gasteiger partial charge in [-0.05, 0) is 72.8 Å². The van der Waals surface area contributed by atoms with E-state index in [1.165, 1.54) is 10.4 Å². The van der Waals surface area contributed by atoms with Crippen molar-refractivity contribution in [3.8, 4) is 5.75 Å². The predicted molar refractivity (Wildman–Crippen MR) is 158 cm³/mol. The summed E-state index contributed by atoms with van der Waals surface area (Å²) in [7, 11) is -3.79. The molecular weight excluding hydrogens is 570 g/mol. The fourth-order valence-electron chi connectivity index (χ4n) is 6.02. The Bertz CT molecular complexity index is 1570. The van der Waals surface area contributed by atoms with Crippen LogP contribution < -0.4 is 10.1 Å². The molecule has 10 nitrogen and oxygen atoms in total. The number of carboxylic acids is 1. The number of carbonyl (C=O) groups is 2. The molecule has 43 heavy (non-hydrogen) atoms. The van der Waals surface area contributed by atoms with Crippen molar-refractivity contribution in [3.63, 3.8) is 0 Å². The molecule has 11 heteroatoms. The van der Waals surface area contributed by atoms with Crippen LogP contribution in [0.4, 0.5) is 4.79 Å². The number of amides is 1. The van der Waals surface area contributed by atoms with Crippen LogP contribution in [0.3, 0.4) is 0 Å². The quantitative estimate of drug-likeness (QED) is 0.357. The van der Waals surface area contributed by atoms with Crippen LogP contribution in [0.25, 0.3) is 0 Å². The number of fused-ring (bicyclic) bond motifs is 3. The molecule has 4 fully saturated rings. The van der Waals surface area contributed by atoms with Crippen molar-refractivity contribution >= 4 is 22.1 Å². The second kappa shape index (κ2) is 12.4. The largest absolute Gasteiger partial charge is 0.489 e. The van der Waals surface area contributed by atoms with Crippen molar-refractivity contribution in [2.24, 2.45) is 11.8 Å². The summed E-state index contributed by atoms with van der Waals surface area (Å²) in [5, 5.41) is 12.2. The number of sulfonamides is 1. The monoisotopic (exact) mass is 605 g/mol. The number of ether oxygens (including phenoxy) is 2. The van der Waals surface area contributed by atoms with Crippen molar-refractivity contribution in [1.82, 2.24) is 14.5 Å². The molecule has 0 aliphatic carbocycles. The first kappa shape index (κ1) is 29.2. The number of carboxylic acid groups (broad SMARTS) is 1. The predicted octanol–water partition coefficient (Wildman–Crippen LogP) is 3.88. The van der Waals surface area contributed by atoms with Crippen LogP contribution in [-0.4, -0.2) is 73.6 Å². The number of carbonyl (C=O) groups excluding carboxylic acids is 1. The molecule has 0 radical (unpaired) electrons. The summed E-state index contributed by atoms with van der Waals surface area (Å²) in [5.74, 6) is -0.702. The molecule has 226 valence electrons. The molecule has 3 aromatic rings. The van der Waals surface area contributed by atoms with Crippen LogP contribution in [0.15, 0.2) is 83.8 Å². The highest BCUT2D eigenvalue weighted by molar-refractivity contribution is 7.89.